The minimum atomic E-state index is -0.814. The number of amides is 1. The molecule has 0 aliphatic carbocycles. The lowest BCUT2D eigenvalue weighted by molar-refractivity contribution is -0.122. The molecular weight excluding hydrogens is 612 g/mol. The van der Waals surface area contributed by atoms with Gasteiger partial charge in [0.15, 0.2) is 28.8 Å². The first-order chi connectivity index (χ1) is 22.8. The van der Waals surface area contributed by atoms with Crippen LogP contribution < -0.4 is 25.6 Å². The summed E-state index contributed by atoms with van der Waals surface area (Å²) in [6, 6.07) is 26.1. The number of ether oxygens (including phenoxy) is 3. The number of carbonyl (C=O) groups is 1. The third-order valence-electron chi connectivity index (χ3n) is 6.87. The number of halogens is 2. The number of hydrogen-bond acceptors (Lipinski definition) is 8. The van der Waals surface area contributed by atoms with E-state index in [1.54, 1.807) is 31.4 Å². The zero-order chi connectivity index (χ0) is 33.3. The van der Waals surface area contributed by atoms with Crippen LogP contribution in [0.5, 0.6) is 11.5 Å². The number of carbonyl (C=O) groups excluding carboxylic acids is 1. The van der Waals surface area contributed by atoms with E-state index in [1.165, 1.54) is 43.4 Å². The quantitative estimate of drug-likeness (QED) is 0.182. The van der Waals surface area contributed by atoms with Crippen LogP contribution >= 0.6 is 0 Å². The smallest absolute Gasteiger partial charge is 0.257 e. The normalized spacial score (nSPS) is 10.7. The summed E-state index contributed by atoms with van der Waals surface area (Å²) >= 11 is 0. The number of fused-ring (bicyclic) bond motifs is 2. The molecule has 4 aromatic carbocycles. The summed E-state index contributed by atoms with van der Waals surface area (Å²) < 4.78 is 55.5. The maximum absolute atomic E-state index is 14.6. The van der Waals surface area contributed by atoms with Crippen molar-refractivity contribution in [3.8, 4) is 34.1 Å². The predicted octanol–water partition coefficient (Wildman–Crippen LogP) is 6.35. The molecule has 0 aliphatic rings. The Morgan fingerprint density at radius 2 is 1.40 bits per heavy atom. The minimum absolute atomic E-state index is 0.0798. The fourth-order valence-corrected chi connectivity index (χ4v) is 4.53. The first-order valence-electron chi connectivity index (χ1n) is 14.4. The number of rotatable bonds is 9. The summed E-state index contributed by atoms with van der Waals surface area (Å²) in [4.78, 5) is 35.6. The van der Waals surface area contributed by atoms with E-state index in [0.717, 1.165) is 5.56 Å². The Labute approximate surface area is 266 Å². The van der Waals surface area contributed by atoms with E-state index in [0.29, 0.717) is 23.7 Å². The molecule has 1 amide bonds. The van der Waals surface area contributed by atoms with Crippen LogP contribution in [0.15, 0.2) is 115 Å². The average Bonchev–Trinajstić information content (AvgIpc) is 3.09. The first-order valence-corrected chi connectivity index (χ1v) is 14.4. The Hall–Kier alpha value is -5.81. The van der Waals surface area contributed by atoms with Gasteiger partial charge in [-0.05, 0) is 12.1 Å². The van der Waals surface area contributed by atoms with Gasteiger partial charge in [0.2, 0.25) is 5.82 Å². The Bertz CT molecular complexity index is 2130. The first kappa shape index (κ1) is 32.6. The molecular formula is C36H29F2NO8. The maximum Gasteiger partial charge on any atom is 0.257 e. The molecule has 0 radical (unpaired) electrons. The number of methoxy groups -OCH3 is 1. The molecule has 0 fully saturated rings. The zero-order valence-electron chi connectivity index (χ0n) is 25.4. The molecule has 0 unspecified atom stereocenters. The molecule has 6 aromatic rings. The lowest BCUT2D eigenvalue weighted by atomic mass is 10.1. The Morgan fingerprint density at radius 1 is 0.766 bits per heavy atom. The van der Waals surface area contributed by atoms with Gasteiger partial charge in [0.1, 0.15) is 40.7 Å². The summed E-state index contributed by atoms with van der Waals surface area (Å²) in [6.45, 7) is 0.333. The van der Waals surface area contributed by atoms with Crippen molar-refractivity contribution in [2.75, 3.05) is 34.0 Å². The lowest BCUT2D eigenvalue weighted by Crippen LogP contribution is -2.25. The van der Waals surface area contributed by atoms with E-state index < -0.39 is 23.0 Å². The van der Waals surface area contributed by atoms with Gasteiger partial charge in [-0.2, -0.15) is 4.39 Å². The van der Waals surface area contributed by atoms with Crippen LogP contribution in [0.1, 0.15) is 0 Å². The molecule has 0 atom stereocenters. The summed E-state index contributed by atoms with van der Waals surface area (Å²) in [5.74, 6) is -1.09. The molecule has 0 saturated heterocycles. The van der Waals surface area contributed by atoms with E-state index in [9.17, 15) is 23.2 Å². The molecule has 2 heterocycles. The van der Waals surface area contributed by atoms with Crippen LogP contribution in [-0.2, 0) is 9.53 Å². The van der Waals surface area contributed by atoms with Crippen molar-refractivity contribution in [1.29, 1.82) is 0 Å². The number of benzene rings is 4. The maximum atomic E-state index is 14.6. The van der Waals surface area contributed by atoms with Gasteiger partial charge in [-0.1, -0.05) is 60.7 Å². The summed E-state index contributed by atoms with van der Waals surface area (Å²) in [7, 11) is 3.00. The highest BCUT2D eigenvalue weighted by Crippen LogP contribution is 2.29. The Balaban J connectivity index is 0.000000185. The van der Waals surface area contributed by atoms with Crippen molar-refractivity contribution < 1.29 is 36.6 Å². The number of nitrogens with one attached hydrogen (secondary N) is 1. The van der Waals surface area contributed by atoms with Crippen molar-refractivity contribution in [2.45, 2.75) is 0 Å². The van der Waals surface area contributed by atoms with Crippen LogP contribution in [0.2, 0.25) is 0 Å². The van der Waals surface area contributed by atoms with Crippen LogP contribution in [0.25, 0.3) is 44.6 Å². The zero-order valence-corrected chi connectivity index (χ0v) is 25.4. The highest BCUT2D eigenvalue weighted by molar-refractivity contribution is 5.82. The molecule has 0 aliphatic heterocycles. The standard InChI is InChI=1S/C18H14FNO4.C18H15FO4/c1-20-16(22)10-23-14-8-7-12-13(21)9-15(24-18(12)17(14)19)11-5-3-2-4-6-11;1-21-7-8-22-13-9-14(19)18-15(20)11-16(23-17(18)10-13)12-5-3-2-4-6-12/h2-9H,10H2,1H3,(H,20,22);2-6,9-11H,7-8H2,1H3. The molecule has 6 rings (SSSR count). The van der Waals surface area contributed by atoms with Crippen molar-refractivity contribution >= 4 is 27.8 Å². The summed E-state index contributed by atoms with van der Waals surface area (Å²) in [5.41, 5.74) is 0.586. The second kappa shape index (κ2) is 15.0. The van der Waals surface area contributed by atoms with E-state index in [-0.39, 0.29) is 52.1 Å². The van der Waals surface area contributed by atoms with Gasteiger partial charge in [-0.15, -0.1) is 0 Å². The van der Waals surface area contributed by atoms with E-state index >= 15 is 0 Å². The van der Waals surface area contributed by atoms with E-state index in [4.69, 9.17) is 23.0 Å². The third kappa shape index (κ3) is 7.71. The predicted molar refractivity (Wildman–Crippen MR) is 173 cm³/mol. The van der Waals surface area contributed by atoms with Crippen LogP contribution in [0.4, 0.5) is 8.78 Å². The largest absolute Gasteiger partial charge is 0.491 e. The van der Waals surface area contributed by atoms with Crippen molar-refractivity contribution in [1.82, 2.24) is 5.32 Å². The van der Waals surface area contributed by atoms with Crippen LogP contribution in [0, 0.1) is 11.6 Å². The van der Waals surface area contributed by atoms with Gasteiger partial charge in [-0.25, -0.2) is 4.39 Å². The third-order valence-corrected chi connectivity index (χ3v) is 6.87. The fourth-order valence-electron chi connectivity index (χ4n) is 4.53. The van der Waals surface area contributed by atoms with E-state index in [2.05, 4.69) is 5.32 Å². The SMILES string of the molecule is CNC(=O)COc1ccc2c(=O)cc(-c3ccccc3)oc2c1F.COCCOc1cc(F)c2c(=O)cc(-c3ccccc3)oc2c1. The minimum Gasteiger partial charge on any atom is -0.491 e. The van der Waals surface area contributed by atoms with Crippen LogP contribution in [-0.4, -0.2) is 39.9 Å². The molecule has 1 N–H and O–H groups in total. The lowest BCUT2D eigenvalue weighted by Gasteiger charge is -2.09. The van der Waals surface area contributed by atoms with Crippen LogP contribution in [0.3, 0.4) is 0 Å². The van der Waals surface area contributed by atoms with Gasteiger partial charge >= 0.3 is 0 Å². The van der Waals surface area contributed by atoms with Gasteiger partial charge in [0.25, 0.3) is 5.91 Å². The van der Waals surface area contributed by atoms with Crippen molar-refractivity contribution in [3.63, 3.8) is 0 Å². The molecule has 47 heavy (non-hydrogen) atoms. The Kier molecular flexibility index (Phi) is 10.4. The molecule has 0 saturated carbocycles. The van der Waals surface area contributed by atoms with Gasteiger partial charge in [0.05, 0.1) is 12.0 Å². The van der Waals surface area contributed by atoms with E-state index in [1.807, 2.05) is 36.4 Å². The average molecular weight is 642 g/mol. The van der Waals surface area contributed by atoms with Gasteiger partial charge < -0.3 is 28.4 Å². The van der Waals surface area contributed by atoms with Crippen molar-refractivity contribution in [2.24, 2.45) is 0 Å². The Morgan fingerprint density at radius 3 is 2.04 bits per heavy atom. The number of likely N-dealkylation sites (N-methyl/N-ethyl adjacent to an activating group) is 1. The summed E-state index contributed by atoms with van der Waals surface area (Å²) in [6.07, 6.45) is 0. The molecule has 11 heteroatoms. The number of hydrogen-bond donors (Lipinski definition) is 1. The monoisotopic (exact) mass is 641 g/mol. The molecule has 240 valence electrons. The fraction of sp³-hybridized carbons (Fsp3) is 0.139. The van der Waals surface area contributed by atoms with Gasteiger partial charge in [0, 0.05) is 49.5 Å². The molecule has 0 spiro atoms. The molecule has 9 nitrogen and oxygen atoms in total. The van der Waals surface area contributed by atoms with Crippen molar-refractivity contribution in [3.05, 3.63) is 129 Å². The second-order valence-electron chi connectivity index (χ2n) is 10.0. The highest BCUT2D eigenvalue weighted by Gasteiger charge is 2.16. The highest BCUT2D eigenvalue weighted by atomic mass is 19.1. The molecule has 2 aromatic heterocycles. The molecule has 0 bridgehead atoms. The van der Waals surface area contributed by atoms with Gasteiger partial charge in [-0.3, -0.25) is 14.4 Å². The topological polar surface area (TPSA) is 117 Å². The second-order valence-corrected chi connectivity index (χ2v) is 10.0. The summed E-state index contributed by atoms with van der Waals surface area (Å²) in [5, 5.41) is 2.40.